The van der Waals surface area contributed by atoms with Crippen LogP contribution < -0.4 is 15.0 Å². The van der Waals surface area contributed by atoms with Crippen molar-refractivity contribution < 1.29 is 31.9 Å². The standard InChI is InChI=1S/C22H18F4N2O3/c23-17-6-8-18(9-7-17)28-14-15(12-20(28)29)21(30)27-10-1-2-11-31-19-5-3-4-16(13-19)22(24,25)26/h3-9,13,15H,10-12,14H2,(H,27,30). The van der Waals surface area contributed by atoms with E-state index in [0.717, 1.165) is 12.1 Å². The van der Waals surface area contributed by atoms with Gasteiger partial charge in [-0.15, -0.1) is 0 Å². The summed E-state index contributed by atoms with van der Waals surface area (Å²) in [4.78, 5) is 25.8. The number of nitrogens with one attached hydrogen (secondary N) is 1. The molecule has 1 fully saturated rings. The number of alkyl halides is 3. The molecule has 1 N–H and O–H groups in total. The molecule has 2 aromatic carbocycles. The summed E-state index contributed by atoms with van der Waals surface area (Å²) >= 11 is 0. The predicted octanol–water partition coefficient (Wildman–Crippen LogP) is 3.40. The summed E-state index contributed by atoms with van der Waals surface area (Å²) in [5.74, 6) is 3.75. The summed E-state index contributed by atoms with van der Waals surface area (Å²) < 4.78 is 56.2. The average Bonchev–Trinajstić information content (AvgIpc) is 3.12. The molecule has 0 aromatic heterocycles. The average molecular weight is 434 g/mol. The molecular formula is C22H18F4N2O3. The maximum absolute atomic E-state index is 13.0. The quantitative estimate of drug-likeness (QED) is 0.580. The van der Waals surface area contributed by atoms with Crippen LogP contribution >= 0.6 is 0 Å². The van der Waals surface area contributed by atoms with Gasteiger partial charge in [0.15, 0.2) is 0 Å². The molecule has 1 heterocycles. The van der Waals surface area contributed by atoms with E-state index in [2.05, 4.69) is 17.2 Å². The van der Waals surface area contributed by atoms with E-state index in [1.807, 2.05) is 0 Å². The minimum Gasteiger partial charge on any atom is -0.481 e. The van der Waals surface area contributed by atoms with Gasteiger partial charge in [0.2, 0.25) is 11.8 Å². The van der Waals surface area contributed by atoms with E-state index in [-0.39, 0.29) is 43.7 Å². The van der Waals surface area contributed by atoms with Crippen LogP contribution in [0.15, 0.2) is 48.5 Å². The molecule has 0 saturated carbocycles. The first-order valence-corrected chi connectivity index (χ1v) is 9.33. The normalized spacial score (nSPS) is 15.9. The Labute approximate surface area is 176 Å². The van der Waals surface area contributed by atoms with Gasteiger partial charge in [-0.1, -0.05) is 17.9 Å². The second-order valence-corrected chi connectivity index (χ2v) is 6.77. The Kier molecular flexibility index (Phi) is 6.80. The molecule has 1 aliphatic heterocycles. The SMILES string of the molecule is O=C(NCC#CCOc1cccc(C(F)(F)F)c1)C1CC(=O)N(c2ccc(F)cc2)C1. The molecular weight excluding hydrogens is 416 g/mol. The van der Waals surface area contributed by atoms with E-state index in [9.17, 15) is 27.2 Å². The van der Waals surface area contributed by atoms with Gasteiger partial charge in [-0.25, -0.2) is 4.39 Å². The Morgan fingerprint density at radius 1 is 1.16 bits per heavy atom. The van der Waals surface area contributed by atoms with Gasteiger partial charge in [0, 0.05) is 18.7 Å². The van der Waals surface area contributed by atoms with E-state index < -0.39 is 23.5 Å². The third kappa shape index (κ3) is 5.98. The molecule has 5 nitrogen and oxygen atoms in total. The van der Waals surface area contributed by atoms with Crippen molar-refractivity contribution in [3.63, 3.8) is 0 Å². The van der Waals surface area contributed by atoms with Crippen LogP contribution in [0.1, 0.15) is 12.0 Å². The molecule has 1 aliphatic rings. The fourth-order valence-electron chi connectivity index (χ4n) is 3.02. The van der Waals surface area contributed by atoms with Crippen molar-refractivity contribution in [2.24, 2.45) is 5.92 Å². The number of benzene rings is 2. The number of hydrogen-bond acceptors (Lipinski definition) is 3. The fourth-order valence-corrected chi connectivity index (χ4v) is 3.02. The first-order chi connectivity index (χ1) is 14.7. The van der Waals surface area contributed by atoms with Gasteiger partial charge in [-0.3, -0.25) is 9.59 Å². The highest BCUT2D eigenvalue weighted by Crippen LogP contribution is 2.31. The Bertz CT molecular complexity index is 1010. The molecule has 1 saturated heterocycles. The second-order valence-electron chi connectivity index (χ2n) is 6.77. The summed E-state index contributed by atoms with van der Waals surface area (Å²) in [5.41, 5.74) is -0.292. The zero-order valence-corrected chi connectivity index (χ0v) is 16.2. The number of carbonyl (C=O) groups excluding carboxylic acids is 2. The molecule has 31 heavy (non-hydrogen) atoms. The Balaban J connectivity index is 1.43. The molecule has 2 aromatic rings. The molecule has 0 spiro atoms. The molecule has 1 atom stereocenters. The number of amides is 2. The largest absolute Gasteiger partial charge is 0.481 e. The lowest BCUT2D eigenvalue weighted by Gasteiger charge is -2.16. The van der Waals surface area contributed by atoms with Gasteiger partial charge in [0.25, 0.3) is 0 Å². The molecule has 9 heteroatoms. The summed E-state index contributed by atoms with van der Waals surface area (Å²) in [6.07, 6.45) is -4.42. The third-order valence-electron chi connectivity index (χ3n) is 4.58. The molecule has 0 radical (unpaired) electrons. The van der Waals surface area contributed by atoms with Crippen molar-refractivity contribution >= 4 is 17.5 Å². The van der Waals surface area contributed by atoms with Crippen molar-refractivity contribution in [1.29, 1.82) is 0 Å². The zero-order valence-electron chi connectivity index (χ0n) is 16.2. The van der Waals surface area contributed by atoms with Gasteiger partial charge in [-0.05, 0) is 42.5 Å². The van der Waals surface area contributed by atoms with Crippen molar-refractivity contribution in [2.75, 3.05) is 24.6 Å². The maximum Gasteiger partial charge on any atom is 0.416 e. The number of nitrogens with zero attached hydrogens (tertiary/aromatic N) is 1. The van der Waals surface area contributed by atoms with Crippen LogP contribution in [0.3, 0.4) is 0 Å². The van der Waals surface area contributed by atoms with Crippen LogP contribution in [0.5, 0.6) is 5.75 Å². The fraction of sp³-hybridized carbons (Fsp3) is 0.273. The summed E-state index contributed by atoms with van der Waals surface area (Å²) in [6.45, 7) is 0.0475. The van der Waals surface area contributed by atoms with Crippen LogP contribution in [0.4, 0.5) is 23.2 Å². The number of hydrogen-bond donors (Lipinski definition) is 1. The maximum atomic E-state index is 13.0. The smallest absolute Gasteiger partial charge is 0.416 e. The van der Waals surface area contributed by atoms with E-state index in [4.69, 9.17) is 4.74 Å². The lowest BCUT2D eigenvalue weighted by molar-refractivity contribution is -0.137. The van der Waals surface area contributed by atoms with Crippen LogP contribution in [-0.2, 0) is 15.8 Å². The van der Waals surface area contributed by atoms with Crippen molar-refractivity contribution in [3.05, 3.63) is 59.9 Å². The van der Waals surface area contributed by atoms with Crippen LogP contribution in [0.25, 0.3) is 0 Å². The first kappa shape index (κ1) is 22.2. The van der Waals surface area contributed by atoms with Gasteiger partial charge in [0.1, 0.15) is 18.2 Å². The van der Waals surface area contributed by atoms with Crippen LogP contribution in [-0.4, -0.2) is 31.5 Å². The predicted molar refractivity (Wildman–Crippen MR) is 105 cm³/mol. The number of ether oxygens (including phenoxy) is 1. The highest BCUT2D eigenvalue weighted by atomic mass is 19.4. The highest BCUT2D eigenvalue weighted by molar-refractivity contribution is 6.00. The Hall–Kier alpha value is -3.54. The van der Waals surface area contributed by atoms with Crippen molar-refractivity contribution in [1.82, 2.24) is 5.32 Å². The Morgan fingerprint density at radius 3 is 2.61 bits per heavy atom. The summed E-state index contributed by atoms with van der Waals surface area (Å²) in [5, 5.41) is 2.60. The molecule has 0 aliphatic carbocycles. The van der Waals surface area contributed by atoms with Gasteiger partial charge in [0.05, 0.1) is 18.0 Å². The molecule has 162 valence electrons. The van der Waals surface area contributed by atoms with E-state index in [1.54, 1.807) is 0 Å². The molecule has 3 rings (SSSR count). The number of rotatable bonds is 5. The third-order valence-corrected chi connectivity index (χ3v) is 4.58. The molecule has 2 amide bonds. The highest BCUT2D eigenvalue weighted by Gasteiger charge is 2.35. The van der Waals surface area contributed by atoms with E-state index in [1.165, 1.54) is 41.3 Å². The lowest BCUT2D eigenvalue weighted by Crippen LogP contribution is -2.33. The van der Waals surface area contributed by atoms with Crippen LogP contribution in [0, 0.1) is 23.6 Å². The second kappa shape index (κ2) is 9.51. The van der Waals surface area contributed by atoms with E-state index >= 15 is 0 Å². The summed E-state index contributed by atoms with van der Waals surface area (Å²) in [7, 11) is 0. The lowest BCUT2D eigenvalue weighted by atomic mass is 10.1. The zero-order chi connectivity index (χ0) is 22.4. The van der Waals surface area contributed by atoms with E-state index in [0.29, 0.717) is 5.69 Å². The van der Waals surface area contributed by atoms with Crippen molar-refractivity contribution in [2.45, 2.75) is 12.6 Å². The minimum atomic E-state index is -4.46. The van der Waals surface area contributed by atoms with Gasteiger partial charge in [-0.2, -0.15) is 13.2 Å². The topological polar surface area (TPSA) is 58.6 Å². The number of halogens is 4. The molecule has 1 unspecified atom stereocenters. The molecule has 0 bridgehead atoms. The number of anilines is 1. The number of carbonyl (C=O) groups is 2. The first-order valence-electron chi connectivity index (χ1n) is 9.33. The summed E-state index contributed by atoms with van der Waals surface area (Å²) in [6, 6.07) is 9.89. The monoisotopic (exact) mass is 434 g/mol. The van der Waals surface area contributed by atoms with Gasteiger partial charge >= 0.3 is 6.18 Å². The minimum absolute atomic E-state index is 0.00598. The van der Waals surface area contributed by atoms with Crippen molar-refractivity contribution in [3.8, 4) is 17.6 Å². The Morgan fingerprint density at radius 2 is 1.90 bits per heavy atom. The van der Waals surface area contributed by atoms with Gasteiger partial charge < -0.3 is 15.0 Å². The van der Waals surface area contributed by atoms with Crippen LogP contribution in [0.2, 0.25) is 0 Å².